The summed E-state index contributed by atoms with van der Waals surface area (Å²) in [4.78, 5) is 37.6. The Morgan fingerprint density at radius 2 is 1.97 bits per heavy atom. The van der Waals surface area contributed by atoms with Crippen LogP contribution in [0.4, 0.5) is 10.5 Å². The van der Waals surface area contributed by atoms with Crippen LogP contribution in [-0.4, -0.2) is 22.8 Å². The molecule has 0 bridgehead atoms. The number of anilines is 1. The van der Waals surface area contributed by atoms with E-state index in [1.807, 2.05) is 0 Å². The molecule has 1 saturated heterocycles. The van der Waals surface area contributed by atoms with Crippen molar-refractivity contribution < 1.29 is 14.3 Å². The van der Waals surface area contributed by atoms with E-state index in [-0.39, 0.29) is 17.3 Å². The van der Waals surface area contributed by atoms with E-state index in [9.17, 15) is 19.6 Å². The number of aromatic nitrogens is 1. The van der Waals surface area contributed by atoms with E-state index >= 15 is 0 Å². The number of methoxy groups -OCH3 is 1. The molecular formula is C25H22ClN5O4S. The Balaban J connectivity index is 1.60. The third-order valence-electron chi connectivity index (χ3n) is 5.72. The summed E-state index contributed by atoms with van der Waals surface area (Å²) in [5.74, 6) is -0.0431. The van der Waals surface area contributed by atoms with Crippen molar-refractivity contribution in [2.75, 3.05) is 12.4 Å². The summed E-state index contributed by atoms with van der Waals surface area (Å²) in [5.41, 5.74) is 2.19. The van der Waals surface area contributed by atoms with Crippen molar-refractivity contribution in [2.24, 2.45) is 0 Å². The van der Waals surface area contributed by atoms with Gasteiger partial charge in [0, 0.05) is 39.9 Å². The summed E-state index contributed by atoms with van der Waals surface area (Å²) in [6.07, 6.45) is 1.52. The molecule has 1 fully saturated rings. The van der Waals surface area contributed by atoms with Crippen LogP contribution in [0.1, 0.15) is 36.7 Å². The molecule has 1 aliphatic rings. The van der Waals surface area contributed by atoms with Gasteiger partial charge in [-0.3, -0.25) is 19.0 Å². The zero-order valence-electron chi connectivity index (χ0n) is 19.4. The Labute approximate surface area is 216 Å². The first-order valence-corrected chi connectivity index (χ1v) is 12.2. The summed E-state index contributed by atoms with van der Waals surface area (Å²) < 4.78 is 9.80. The van der Waals surface area contributed by atoms with E-state index in [4.69, 9.17) is 16.3 Å². The molecule has 2 unspecified atom stereocenters. The number of hydrogen-bond donors (Lipinski definition) is 3. The molecule has 3 N–H and O–H groups in total. The van der Waals surface area contributed by atoms with Gasteiger partial charge in [-0.25, -0.2) is 4.72 Å². The van der Waals surface area contributed by atoms with Crippen molar-refractivity contribution in [3.63, 3.8) is 0 Å². The molecule has 4 rings (SSSR count). The maximum atomic E-state index is 13.1. The molecule has 0 saturated carbocycles. The van der Waals surface area contributed by atoms with Crippen LogP contribution in [0.2, 0.25) is 5.02 Å². The highest BCUT2D eigenvalue weighted by molar-refractivity contribution is 8.12. The normalized spacial score (nSPS) is 15.6. The number of nitriles is 1. The highest BCUT2D eigenvalue weighted by atomic mass is 35.5. The smallest absolute Gasteiger partial charge is 0.295 e. The van der Waals surface area contributed by atoms with Crippen LogP contribution in [0.5, 0.6) is 5.75 Å². The predicted molar refractivity (Wildman–Crippen MR) is 139 cm³/mol. The minimum absolute atomic E-state index is 0.158. The van der Waals surface area contributed by atoms with E-state index in [0.29, 0.717) is 39.6 Å². The third-order valence-corrected chi connectivity index (χ3v) is 6.62. The first kappa shape index (κ1) is 25.3. The van der Waals surface area contributed by atoms with Gasteiger partial charge in [0.05, 0.1) is 24.9 Å². The van der Waals surface area contributed by atoms with Gasteiger partial charge in [0.2, 0.25) is 5.91 Å². The molecule has 11 heteroatoms. The number of nitrogens with one attached hydrogen (secondary N) is 3. The largest absolute Gasteiger partial charge is 0.495 e. The highest BCUT2D eigenvalue weighted by Crippen LogP contribution is 2.33. The Hall–Kier alpha value is -3.78. The second kappa shape index (κ2) is 10.9. The first-order valence-electron chi connectivity index (χ1n) is 11.0. The van der Waals surface area contributed by atoms with Gasteiger partial charge < -0.3 is 15.4 Å². The van der Waals surface area contributed by atoms with Gasteiger partial charge in [-0.15, -0.1) is 0 Å². The number of halogens is 1. The lowest BCUT2D eigenvalue weighted by Crippen LogP contribution is -2.32. The molecule has 0 spiro atoms. The van der Waals surface area contributed by atoms with Gasteiger partial charge in [0.1, 0.15) is 18.0 Å². The molecule has 2 aromatic carbocycles. The van der Waals surface area contributed by atoms with Crippen LogP contribution in [0.25, 0.3) is 11.1 Å². The topological polar surface area (TPSA) is 125 Å². The van der Waals surface area contributed by atoms with Gasteiger partial charge in [-0.05, 0) is 42.3 Å². The zero-order chi connectivity index (χ0) is 25.8. The van der Waals surface area contributed by atoms with E-state index in [1.165, 1.54) is 23.9 Å². The molecule has 2 heterocycles. The van der Waals surface area contributed by atoms with Crippen molar-refractivity contribution in [1.29, 1.82) is 5.26 Å². The average Bonchev–Trinajstić information content (AvgIpc) is 3.31. The Morgan fingerprint density at radius 3 is 2.58 bits per heavy atom. The van der Waals surface area contributed by atoms with Crippen LogP contribution in [0, 0.1) is 11.3 Å². The van der Waals surface area contributed by atoms with E-state index in [2.05, 4.69) is 21.4 Å². The summed E-state index contributed by atoms with van der Waals surface area (Å²) >= 11 is 7.12. The molecule has 9 nitrogen and oxygen atoms in total. The average molecular weight is 524 g/mol. The fraction of sp³-hybridized carbons (Fsp3) is 0.200. The fourth-order valence-electron chi connectivity index (χ4n) is 3.92. The van der Waals surface area contributed by atoms with E-state index < -0.39 is 11.6 Å². The molecule has 2 atom stereocenters. The summed E-state index contributed by atoms with van der Waals surface area (Å²) in [6, 6.07) is 14.5. The molecule has 184 valence electrons. The van der Waals surface area contributed by atoms with Crippen molar-refractivity contribution in [3.05, 3.63) is 81.2 Å². The SMILES string of the molecule is CCC(C(=O)Nc1ccc(C2NSC(=O)N2)cc1)n1cc(OC)c(-c2cc(Cl)ccc2C#N)cc1=O. The van der Waals surface area contributed by atoms with Gasteiger partial charge in [-0.1, -0.05) is 30.7 Å². The lowest BCUT2D eigenvalue weighted by atomic mass is 10.00. The van der Waals surface area contributed by atoms with Crippen molar-refractivity contribution >= 4 is 40.4 Å². The zero-order valence-corrected chi connectivity index (χ0v) is 20.9. The van der Waals surface area contributed by atoms with Crippen LogP contribution in [-0.2, 0) is 4.79 Å². The van der Waals surface area contributed by atoms with Crippen molar-refractivity contribution in [3.8, 4) is 22.9 Å². The number of pyridine rings is 1. The number of hydrogen-bond acceptors (Lipinski definition) is 7. The number of rotatable bonds is 7. The molecule has 0 aliphatic carbocycles. The molecule has 0 radical (unpaired) electrons. The number of nitrogens with zero attached hydrogens (tertiary/aromatic N) is 2. The van der Waals surface area contributed by atoms with Gasteiger partial charge in [-0.2, -0.15) is 5.26 Å². The fourth-order valence-corrected chi connectivity index (χ4v) is 4.68. The van der Waals surface area contributed by atoms with E-state index in [1.54, 1.807) is 49.4 Å². The van der Waals surface area contributed by atoms with Crippen LogP contribution >= 0.6 is 23.5 Å². The highest BCUT2D eigenvalue weighted by Gasteiger charge is 2.24. The molecule has 2 amide bonds. The van der Waals surface area contributed by atoms with Gasteiger partial charge >= 0.3 is 0 Å². The monoisotopic (exact) mass is 523 g/mol. The number of carbonyl (C=O) groups is 2. The van der Waals surface area contributed by atoms with Crippen molar-refractivity contribution in [2.45, 2.75) is 25.6 Å². The van der Waals surface area contributed by atoms with Gasteiger partial charge in [0.25, 0.3) is 10.8 Å². The Kier molecular flexibility index (Phi) is 7.64. The summed E-state index contributed by atoms with van der Waals surface area (Å²) in [5, 5.41) is 15.4. The maximum Gasteiger partial charge on any atom is 0.295 e. The lowest BCUT2D eigenvalue weighted by Gasteiger charge is -2.20. The van der Waals surface area contributed by atoms with Gasteiger partial charge in [0.15, 0.2) is 0 Å². The number of benzene rings is 2. The lowest BCUT2D eigenvalue weighted by molar-refractivity contribution is -0.119. The van der Waals surface area contributed by atoms with Crippen LogP contribution in [0.15, 0.2) is 59.5 Å². The predicted octanol–water partition coefficient (Wildman–Crippen LogP) is 4.60. The minimum Gasteiger partial charge on any atom is -0.495 e. The van der Waals surface area contributed by atoms with E-state index in [0.717, 1.165) is 17.5 Å². The quantitative estimate of drug-likeness (QED) is 0.386. The number of amides is 2. The minimum atomic E-state index is -0.804. The Bertz CT molecular complexity index is 1420. The van der Waals surface area contributed by atoms with Crippen LogP contribution < -0.4 is 25.7 Å². The molecule has 1 aromatic heterocycles. The van der Waals surface area contributed by atoms with Crippen molar-refractivity contribution in [1.82, 2.24) is 14.6 Å². The maximum absolute atomic E-state index is 13.1. The molecule has 3 aromatic rings. The summed E-state index contributed by atoms with van der Waals surface area (Å²) in [6.45, 7) is 1.80. The Morgan fingerprint density at radius 1 is 1.22 bits per heavy atom. The molecular weight excluding hydrogens is 502 g/mol. The third kappa shape index (κ3) is 5.23. The first-order chi connectivity index (χ1) is 17.3. The number of ether oxygens (including phenoxy) is 1. The second-order valence-electron chi connectivity index (χ2n) is 7.92. The standard InChI is InChI=1S/C25H22ClN5O4S/c1-3-20(24(33)28-17-8-5-14(6-9-17)23-29-25(34)36-30-23)31-13-21(35-2)19(11-22(31)32)18-10-16(26)7-4-15(18)12-27/h4-11,13,20,23,30H,3H2,1-2H3,(H,28,33)(H,29,34). The van der Waals surface area contributed by atoms with Crippen LogP contribution in [0.3, 0.4) is 0 Å². The number of carbonyl (C=O) groups excluding carboxylic acids is 2. The second-order valence-corrected chi connectivity index (χ2v) is 9.17. The molecule has 1 aliphatic heterocycles. The summed E-state index contributed by atoms with van der Waals surface area (Å²) in [7, 11) is 1.45. The molecule has 36 heavy (non-hydrogen) atoms.